The van der Waals surface area contributed by atoms with Crippen LogP contribution in [0.4, 0.5) is 13.2 Å². The number of hydrogen-bond acceptors (Lipinski definition) is 13. The summed E-state index contributed by atoms with van der Waals surface area (Å²) < 4.78 is 35.2. The summed E-state index contributed by atoms with van der Waals surface area (Å²) in [4.78, 5) is 126. The van der Waals surface area contributed by atoms with Crippen molar-refractivity contribution in [2.24, 2.45) is 65.1 Å². The Balaban J connectivity index is -0.000000136. The van der Waals surface area contributed by atoms with Gasteiger partial charge in [-0.1, -0.05) is 361 Å². The highest BCUT2D eigenvalue weighted by Crippen LogP contribution is 2.27. The van der Waals surface area contributed by atoms with Crippen molar-refractivity contribution >= 4 is 96.7 Å². The number of carbonyl (C=O) groups is 11. The number of allylic oxidation sites excluding steroid dienone is 9. The van der Waals surface area contributed by atoms with Crippen LogP contribution in [0.2, 0.25) is 0 Å². The Hall–Kier alpha value is -7.57. The summed E-state index contributed by atoms with van der Waals surface area (Å²) in [6.07, 6.45) is 3.36. The van der Waals surface area contributed by atoms with Gasteiger partial charge >= 0.3 is 6.18 Å². The predicted octanol–water partition coefficient (Wildman–Crippen LogP) is 26.0. The van der Waals surface area contributed by atoms with Gasteiger partial charge in [-0.25, -0.2) is 0 Å². The highest BCUT2D eigenvalue weighted by Gasteiger charge is 2.37. The fourth-order valence-corrected chi connectivity index (χ4v) is 9.47. The molecule has 1 fully saturated rings. The van der Waals surface area contributed by atoms with Gasteiger partial charge < -0.3 is 4.90 Å². The standard InChI is InChI=1S/C13H16O.C12H21NO.C12H14O.C9H17NO.C9H16O.2C8H14O.C7H11BrO.C7H9F3O.C7H12O.C6H9ClO.2CH4/c1-10(2)13(14)11(3)9-12-7-5-4-6-8-12;1-10(2)12(14)11(3)9-13-7-5-4-6-8-13;1-9(2)12(13)10(3)11-7-5-4-6-8-11;1-7(2)9(11)8(3)6-10(4)5;1-5-6-8(4)9(10)7(2)3;2*1-5-7(4)8(9)6(2)3;1-5(2)7(9)6(3)4-8;1-4(2)6(11)5(3)7(8,9)10;1-5(2)7(8)6(3)4;1-4(2)6(8)5(3)7;;/h4-8,10H,3,9H2,1-2H3;10H,3-9H2,1-2H3;4-9H,3H2,1-2H3;7H,3,6H2,1-2,4-5H3;7H,4-6H2,1-3H3;2*6H,4-5H2,1-3H3;5H,3-4H2,1-2H3;4H,3H2,1-2H3;6H,1H2,2-4H3;4H,3H2,1-2H3;2*1H4. The molecule has 0 aliphatic carbocycles. The number of ketones is 11. The van der Waals surface area contributed by atoms with Crippen molar-refractivity contribution in [2.75, 3.05) is 45.6 Å². The number of carbonyl (C=O) groups excluding carboxylic acids is 11. The molecule has 1 aliphatic heterocycles. The van der Waals surface area contributed by atoms with Gasteiger partial charge in [0.25, 0.3) is 0 Å². The third-order valence-electron chi connectivity index (χ3n) is 16.2. The Morgan fingerprint density at radius 1 is 0.407 bits per heavy atom. The summed E-state index contributed by atoms with van der Waals surface area (Å²) in [6, 6.07) is 19.5. The molecule has 0 atom stereocenters. The number of likely N-dealkylation sites (tertiary alicyclic amines) is 1. The Morgan fingerprint density at radius 2 is 0.703 bits per heavy atom. The molecule has 0 spiro atoms. The van der Waals surface area contributed by atoms with Crippen molar-refractivity contribution < 1.29 is 65.9 Å². The van der Waals surface area contributed by atoms with Crippen LogP contribution in [0.3, 0.4) is 0 Å². The fraction of sp³-hybridized carbons (Fsp3) is 0.550. The lowest BCUT2D eigenvalue weighted by Crippen LogP contribution is -2.33. The first kappa shape index (κ1) is 131. The maximum atomic E-state index is 11.7. The van der Waals surface area contributed by atoms with Crippen LogP contribution in [0.25, 0.3) is 5.57 Å². The van der Waals surface area contributed by atoms with Crippen LogP contribution in [0.15, 0.2) is 188 Å². The van der Waals surface area contributed by atoms with Gasteiger partial charge in [-0.3, -0.25) is 57.6 Å². The molecule has 0 bridgehead atoms. The quantitative estimate of drug-likeness (QED) is 0.0475. The Bertz CT molecular complexity index is 3370. The molecule has 1 aliphatic rings. The lowest BCUT2D eigenvalue weighted by molar-refractivity contribution is -0.131. The van der Waals surface area contributed by atoms with Gasteiger partial charge in [0.2, 0.25) is 0 Å². The second kappa shape index (κ2) is 73.4. The molecule has 0 amide bonds. The van der Waals surface area contributed by atoms with Gasteiger partial charge in [-0.2, -0.15) is 13.2 Å². The van der Waals surface area contributed by atoms with E-state index >= 15 is 0 Å². The number of nitrogens with zero attached hydrogens (tertiary/aromatic N) is 2. The van der Waals surface area contributed by atoms with Crippen LogP contribution in [0.5, 0.6) is 0 Å². The van der Waals surface area contributed by atoms with E-state index in [4.69, 9.17) is 11.6 Å². The van der Waals surface area contributed by atoms with Crippen LogP contribution in [-0.2, 0) is 59.2 Å². The molecular weight excluding hydrogens is 1580 g/mol. The van der Waals surface area contributed by atoms with E-state index in [1.807, 2.05) is 218 Å². The third-order valence-corrected chi connectivity index (χ3v) is 17.0. The van der Waals surface area contributed by atoms with Crippen molar-refractivity contribution in [3.8, 4) is 0 Å². The van der Waals surface area contributed by atoms with Crippen molar-refractivity contribution in [1.82, 2.24) is 9.80 Å². The summed E-state index contributed by atoms with van der Waals surface area (Å²) in [6.45, 7) is 91.2. The molecule has 2 aromatic rings. The number of hydrogen-bond donors (Lipinski definition) is 0. The normalized spacial score (nSPS) is 11.0. The zero-order valence-corrected chi connectivity index (χ0v) is 79.2. The number of rotatable bonds is 34. The van der Waals surface area contributed by atoms with Gasteiger partial charge in [-0.05, 0) is 111 Å². The topological polar surface area (TPSA) is 194 Å². The minimum Gasteiger partial charge on any atom is -0.305 e. The molecule has 0 radical (unpaired) electrons. The monoisotopic (exact) mass is 1740 g/mol. The molecule has 0 unspecified atom stereocenters. The lowest BCUT2D eigenvalue weighted by atomic mass is 9.96. The molecule has 0 aromatic heterocycles. The molecule has 118 heavy (non-hydrogen) atoms. The average molecular weight is 1740 g/mol. The molecule has 1 heterocycles. The highest BCUT2D eigenvalue weighted by atomic mass is 79.9. The first-order valence-corrected chi connectivity index (χ1v) is 41.7. The average Bonchev–Trinajstić information content (AvgIpc) is 0.884. The summed E-state index contributed by atoms with van der Waals surface area (Å²) in [5.41, 5.74) is 7.14. The van der Waals surface area contributed by atoms with Gasteiger partial charge in [0.1, 0.15) is 0 Å². The van der Waals surface area contributed by atoms with E-state index in [1.54, 1.807) is 20.8 Å². The Kier molecular flexibility index (Phi) is 81.5. The van der Waals surface area contributed by atoms with E-state index in [1.165, 1.54) is 33.1 Å². The maximum Gasteiger partial charge on any atom is 0.419 e. The van der Waals surface area contributed by atoms with E-state index in [-0.39, 0.29) is 137 Å². The highest BCUT2D eigenvalue weighted by molar-refractivity contribution is 9.09. The second-order valence-electron chi connectivity index (χ2n) is 31.8. The van der Waals surface area contributed by atoms with Crippen molar-refractivity contribution in [2.45, 2.75) is 252 Å². The van der Waals surface area contributed by atoms with Crippen LogP contribution in [0, 0.1) is 65.1 Å². The molecule has 18 heteroatoms. The van der Waals surface area contributed by atoms with Crippen molar-refractivity contribution in [1.29, 1.82) is 0 Å². The second-order valence-corrected chi connectivity index (χ2v) is 32.8. The van der Waals surface area contributed by atoms with Crippen LogP contribution in [0.1, 0.15) is 251 Å². The molecule has 0 saturated carbocycles. The smallest absolute Gasteiger partial charge is 0.305 e. The number of halogens is 5. The zero-order chi connectivity index (χ0) is 93.1. The summed E-state index contributed by atoms with van der Waals surface area (Å²) in [5.74, 6) is 0.599. The Labute approximate surface area is 730 Å². The first-order valence-electron chi connectivity index (χ1n) is 40.2. The fourth-order valence-electron chi connectivity index (χ4n) is 8.98. The molecule has 3 rings (SSSR count). The van der Waals surface area contributed by atoms with Crippen molar-refractivity contribution in [3.05, 3.63) is 199 Å². The summed E-state index contributed by atoms with van der Waals surface area (Å²) >= 11 is 8.44. The molecule has 0 N–H and O–H groups in total. The number of Topliss-reactive ketones (excluding diaryl/α,β-unsaturated/α-hetero) is 11. The lowest BCUT2D eigenvalue weighted by Gasteiger charge is -2.27. The number of piperidine rings is 1. The maximum absolute atomic E-state index is 11.7. The molecule has 1 saturated heterocycles. The minimum atomic E-state index is -4.58. The van der Waals surface area contributed by atoms with Crippen LogP contribution >= 0.6 is 27.5 Å². The van der Waals surface area contributed by atoms with Gasteiger partial charge in [0.15, 0.2) is 63.6 Å². The molecule has 2 aromatic carbocycles. The SMILES string of the molecule is C.C.C=C(C(=O)C(C)C)C(F)(F)F.C=C(C(=O)C(C)C)c1ccccc1.C=C(C)C(=O)C(C)C.C=C(CBr)C(=O)C(C)C.C=C(CC)C(=O)C(C)C.C=C(CC)C(=O)C(C)C.C=C(CCC)C(=O)C(C)C.C=C(CN(C)C)C(=O)C(C)C.C=C(CN1CCCCC1)C(=O)C(C)C.C=C(Cc1ccccc1)C(=O)C(C)C.C=C(Cl)C(=O)C(C)C. The zero-order valence-electron chi connectivity index (χ0n) is 76.9. The van der Waals surface area contributed by atoms with Gasteiger partial charge in [-0.15, -0.1) is 0 Å². The van der Waals surface area contributed by atoms with Crippen molar-refractivity contribution in [3.63, 3.8) is 0 Å². The van der Waals surface area contributed by atoms with E-state index in [2.05, 4.69) is 100 Å². The third kappa shape index (κ3) is 68.2. The number of benzene rings is 2. The molecule has 672 valence electrons. The largest absolute Gasteiger partial charge is 0.419 e. The number of likely N-dealkylation sites (N-methyl/N-ethyl adjacent to an activating group) is 1. The van der Waals surface area contributed by atoms with Crippen LogP contribution in [-0.4, -0.2) is 125 Å². The van der Waals surface area contributed by atoms with Gasteiger partial charge in [0, 0.05) is 107 Å². The first-order chi connectivity index (χ1) is 53.0. The van der Waals surface area contributed by atoms with Crippen LogP contribution < -0.4 is 0 Å². The van der Waals surface area contributed by atoms with Gasteiger partial charge in [0.05, 0.1) is 10.6 Å². The number of alkyl halides is 4. The van der Waals surface area contributed by atoms with E-state index in [9.17, 15) is 65.9 Å². The van der Waals surface area contributed by atoms with E-state index < -0.39 is 23.5 Å². The van der Waals surface area contributed by atoms with E-state index in [0.717, 1.165) is 78.7 Å². The molecule has 13 nitrogen and oxygen atoms in total. The Morgan fingerprint density at radius 3 is 0.941 bits per heavy atom. The minimum absolute atomic E-state index is 0. The predicted molar refractivity (Wildman–Crippen MR) is 504 cm³/mol. The summed E-state index contributed by atoms with van der Waals surface area (Å²) in [7, 11) is 3.86. The van der Waals surface area contributed by atoms with E-state index in [0.29, 0.717) is 46.2 Å². The molecular formula is C100H161BrClF3N2O11. The summed E-state index contributed by atoms with van der Waals surface area (Å²) in [5, 5.41) is 0.712.